The molecule has 0 unspecified atom stereocenters. The zero-order chi connectivity index (χ0) is 19.6. The molecule has 10 nitrogen and oxygen atoms in total. The third kappa shape index (κ3) is 7.75. The van der Waals surface area contributed by atoms with Gasteiger partial charge in [0.25, 0.3) is 5.91 Å². The molecule has 0 spiro atoms. The number of aldehydes is 1. The summed E-state index contributed by atoms with van der Waals surface area (Å²) < 4.78 is 4.91. The number of rotatable bonds is 10. The maximum absolute atomic E-state index is 12.5. The zero-order valence-corrected chi connectivity index (χ0v) is 14.6. The summed E-state index contributed by atoms with van der Waals surface area (Å²) >= 11 is 0. The van der Waals surface area contributed by atoms with Gasteiger partial charge in [0.15, 0.2) is 0 Å². The smallest absolute Gasteiger partial charge is 0.417 e. The van der Waals surface area contributed by atoms with E-state index in [-0.39, 0.29) is 12.9 Å². The Labute approximate surface area is 145 Å². The van der Waals surface area contributed by atoms with Crippen LogP contribution >= 0.6 is 0 Å². The topological polar surface area (TPSA) is 156 Å². The Hall–Kier alpha value is -2.49. The molecule has 0 saturated carbocycles. The van der Waals surface area contributed by atoms with Crippen LogP contribution in [-0.4, -0.2) is 64.9 Å². The van der Waals surface area contributed by atoms with Gasteiger partial charge in [-0.1, -0.05) is 13.3 Å². The van der Waals surface area contributed by atoms with Gasteiger partial charge in [0.05, 0.1) is 19.1 Å². The second-order valence-corrected chi connectivity index (χ2v) is 5.50. The first-order valence-corrected chi connectivity index (χ1v) is 7.88. The number of carboxylic acid groups (broad SMARTS) is 1. The van der Waals surface area contributed by atoms with Crippen molar-refractivity contribution in [2.45, 2.75) is 58.2 Å². The first-order chi connectivity index (χ1) is 11.6. The fourth-order valence-corrected chi connectivity index (χ4v) is 1.76. The van der Waals surface area contributed by atoms with Gasteiger partial charge in [-0.3, -0.25) is 14.4 Å². The Morgan fingerprint density at radius 2 is 1.88 bits per heavy atom. The monoisotopic (exact) mass is 359 g/mol. The van der Waals surface area contributed by atoms with Crippen LogP contribution in [0.25, 0.3) is 0 Å². The maximum atomic E-state index is 12.5. The van der Waals surface area contributed by atoms with E-state index in [2.05, 4.69) is 5.32 Å². The van der Waals surface area contributed by atoms with Gasteiger partial charge in [0, 0.05) is 0 Å². The molecule has 0 aromatic rings. The summed E-state index contributed by atoms with van der Waals surface area (Å²) in [4.78, 5) is 58.7. The number of ether oxygens (including phenoxy) is 1. The SMILES string of the molecule is CCCCOC(=O)N(C(=O)[C@H](C)NC(=O)[C@H](C)N)[C@H](C=O)CC(=O)O. The highest BCUT2D eigenvalue weighted by atomic mass is 16.6. The molecule has 0 bridgehead atoms. The van der Waals surface area contributed by atoms with Crippen molar-refractivity contribution in [2.75, 3.05) is 6.61 Å². The third-order valence-corrected chi connectivity index (χ3v) is 3.17. The van der Waals surface area contributed by atoms with E-state index >= 15 is 0 Å². The van der Waals surface area contributed by atoms with E-state index in [4.69, 9.17) is 15.6 Å². The molecule has 0 aliphatic rings. The van der Waals surface area contributed by atoms with Gasteiger partial charge in [-0.15, -0.1) is 0 Å². The number of amides is 3. The van der Waals surface area contributed by atoms with Crippen molar-refractivity contribution in [3.63, 3.8) is 0 Å². The van der Waals surface area contributed by atoms with Crippen molar-refractivity contribution in [3.8, 4) is 0 Å². The Bertz CT molecular complexity index is 507. The molecular formula is C15H25N3O7. The Kier molecular flexibility index (Phi) is 10.0. The predicted molar refractivity (Wildman–Crippen MR) is 86.5 cm³/mol. The predicted octanol–water partition coefficient (Wildman–Crippen LogP) is -0.354. The number of imide groups is 1. The molecule has 3 atom stereocenters. The van der Waals surface area contributed by atoms with E-state index in [9.17, 15) is 24.0 Å². The lowest BCUT2D eigenvalue weighted by Crippen LogP contribution is -2.55. The fraction of sp³-hybridized carbons (Fsp3) is 0.667. The molecular weight excluding hydrogens is 334 g/mol. The number of nitrogens with one attached hydrogen (secondary N) is 1. The zero-order valence-electron chi connectivity index (χ0n) is 14.6. The second kappa shape index (κ2) is 11.1. The van der Waals surface area contributed by atoms with Gasteiger partial charge < -0.3 is 25.7 Å². The number of carbonyl (C=O) groups is 5. The van der Waals surface area contributed by atoms with Crippen LogP contribution in [-0.2, 0) is 23.9 Å². The van der Waals surface area contributed by atoms with E-state index in [1.807, 2.05) is 6.92 Å². The van der Waals surface area contributed by atoms with Crippen molar-refractivity contribution in [2.24, 2.45) is 5.73 Å². The highest BCUT2D eigenvalue weighted by Crippen LogP contribution is 2.09. The lowest BCUT2D eigenvalue weighted by Gasteiger charge is -2.27. The van der Waals surface area contributed by atoms with E-state index in [0.29, 0.717) is 11.3 Å². The molecule has 142 valence electrons. The molecule has 0 aromatic carbocycles. The molecule has 4 N–H and O–H groups in total. The average Bonchev–Trinajstić information content (AvgIpc) is 2.53. The first kappa shape index (κ1) is 22.5. The Morgan fingerprint density at radius 3 is 2.32 bits per heavy atom. The molecule has 0 aliphatic heterocycles. The number of carbonyl (C=O) groups excluding carboxylic acids is 4. The summed E-state index contributed by atoms with van der Waals surface area (Å²) in [7, 11) is 0. The quantitative estimate of drug-likeness (QED) is 0.353. The van der Waals surface area contributed by atoms with Crippen molar-refractivity contribution in [3.05, 3.63) is 0 Å². The van der Waals surface area contributed by atoms with Crippen LogP contribution in [0.5, 0.6) is 0 Å². The van der Waals surface area contributed by atoms with Crippen LogP contribution < -0.4 is 11.1 Å². The van der Waals surface area contributed by atoms with Crippen LogP contribution in [0, 0.1) is 0 Å². The van der Waals surface area contributed by atoms with Gasteiger partial charge in [-0.05, 0) is 20.3 Å². The summed E-state index contributed by atoms with van der Waals surface area (Å²) in [5, 5.41) is 11.2. The molecule has 10 heteroatoms. The minimum atomic E-state index is -1.55. The lowest BCUT2D eigenvalue weighted by molar-refractivity contribution is -0.143. The lowest BCUT2D eigenvalue weighted by atomic mass is 10.1. The molecule has 0 saturated heterocycles. The Balaban J connectivity index is 5.35. The van der Waals surface area contributed by atoms with Crippen LogP contribution in [0.1, 0.15) is 40.0 Å². The molecule has 0 aromatic heterocycles. The molecule has 0 heterocycles. The van der Waals surface area contributed by atoms with Gasteiger partial charge >= 0.3 is 12.1 Å². The summed E-state index contributed by atoms with van der Waals surface area (Å²) in [6.07, 6.45) is -0.470. The largest absolute Gasteiger partial charge is 0.481 e. The fourth-order valence-electron chi connectivity index (χ4n) is 1.76. The van der Waals surface area contributed by atoms with E-state index in [1.165, 1.54) is 13.8 Å². The first-order valence-electron chi connectivity index (χ1n) is 7.88. The number of nitrogens with zero attached hydrogens (tertiary/aromatic N) is 1. The summed E-state index contributed by atoms with van der Waals surface area (Å²) in [6, 6.07) is -3.64. The number of hydrogen-bond donors (Lipinski definition) is 3. The summed E-state index contributed by atoms with van der Waals surface area (Å²) in [5.41, 5.74) is 5.39. The number of nitrogens with two attached hydrogens (primary N) is 1. The molecule has 0 fully saturated rings. The van der Waals surface area contributed by atoms with Crippen LogP contribution in [0.4, 0.5) is 4.79 Å². The van der Waals surface area contributed by atoms with Crippen molar-refractivity contribution in [1.82, 2.24) is 10.2 Å². The molecule has 0 aliphatic carbocycles. The summed E-state index contributed by atoms with van der Waals surface area (Å²) in [6.45, 7) is 4.57. The highest BCUT2D eigenvalue weighted by Gasteiger charge is 2.35. The van der Waals surface area contributed by atoms with Crippen LogP contribution in [0.3, 0.4) is 0 Å². The number of aliphatic carboxylic acids is 1. The third-order valence-electron chi connectivity index (χ3n) is 3.17. The number of unbranched alkanes of at least 4 members (excludes halogenated alkanes) is 1. The summed E-state index contributed by atoms with van der Waals surface area (Å²) in [5.74, 6) is -2.97. The van der Waals surface area contributed by atoms with Gasteiger partial charge in [-0.25, -0.2) is 9.69 Å². The van der Waals surface area contributed by atoms with Gasteiger partial charge in [0.1, 0.15) is 18.4 Å². The van der Waals surface area contributed by atoms with Crippen LogP contribution in [0.15, 0.2) is 0 Å². The molecule has 0 radical (unpaired) electrons. The van der Waals surface area contributed by atoms with Crippen LogP contribution in [0.2, 0.25) is 0 Å². The highest BCUT2D eigenvalue weighted by molar-refractivity contribution is 5.99. The van der Waals surface area contributed by atoms with E-state index < -0.39 is 48.4 Å². The van der Waals surface area contributed by atoms with Gasteiger partial charge in [-0.2, -0.15) is 0 Å². The average molecular weight is 359 g/mol. The number of hydrogen-bond acceptors (Lipinski definition) is 7. The minimum Gasteiger partial charge on any atom is -0.481 e. The second-order valence-electron chi connectivity index (χ2n) is 5.50. The van der Waals surface area contributed by atoms with E-state index in [1.54, 1.807) is 0 Å². The molecule has 3 amide bonds. The minimum absolute atomic E-state index is 0.0122. The molecule has 0 rings (SSSR count). The van der Waals surface area contributed by atoms with Gasteiger partial charge in [0.2, 0.25) is 5.91 Å². The Morgan fingerprint density at radius 1 is 1.28 bits per heavy atom. The normalized spacial score (nSPS) is 13.9. The molecule has 25 heavy (non-hydrogen) atoms. The standard InChI is InChI=1S/C15H25N3O7/c1-4-5-6-25-15(24)18(11(8-19)7-12(20)21)14(23)10(3)17-13(22)9(2)16/h8-11H,4-7,16H2,1-3H3,(H,17,22)(H,20,21)/t9-,10-,11-/m0/s1. The van der Waals surface area contributed by atoms with Crippen molar-refractivity contribution < 1.29 is 33.8 Å². The van der Waals surface area contributed by atoms with E-state index in [0.717, 1.165) is 6.42 Å². The van der Waals surface area contributed by atoms with Crippen molar-refractivity contribution >= 4 is 30.2 Å². The van der Waals surface area contributed by atoms with Crippen molar-refractivity contribution in [1.29, 1.82) is 0 Å². The number of carboxylic acids is 1. The maximum Gasteiger partial charge on any atom is 0.417 e.